The van der Waals surface area contributed by atoms with Crippen molar-refractivity contribution in [2.24, 2.45) is 0 Å². The summed E-state index contributed by atoms with van der Waals surface area (Å²) in [6, 6.07) is 0. The van der Waals surface area contributed by atoms with E-state index < -0.39 is 11.5 Å². The largest absolute Gasteiger partial charge is 1.00 e. The molecular weight excluding hydrogens is 526 g/mol. The van der Waals surface area contributed by atoms with Crippen molar-refractivity contribution in [3.8, 4) is 0 Å². The number of quaternary nitrogens is 3. The molecule has 0 heterocycles. The maximum absolute atomic E-state index is 12.6. The zero-order valence-corrected chi connectivity index (χ0v) is 21.3. The number of hydrogen-bond donors (Lipinski definition) is 1. The zero-order valence-electron chi connectivity index (χ0n) is 16.6. The Balaban J connectivity index is -0.000000735. The molecular formula is C15H32Br3N3O4. The number of amides is 3. The number of carbonyl (C=O) groups excluding carboxylic acids is 3. The van der Waals surface area contributed by atoms with Crippen molar-refractivity contribution in [3.63, 3.8) is 0 Å². The number of rotatable bonds is 5. The predicted molar refractivity (Wildman–Crippen MR) is 83.3 cm³/mol. The standard InChI is InChI=1S/C15H32N3O4.3BrH/c1-16(2,3)12(19)10-15(22,14(21)18(7,8)9)11-13(20)17(4,5)6;;;/h22H,10-11H2,1-9H3;3*1H/q+3;;;/p-3. The number of carbonyl (C=O) groups is 3. The fourth-order valence-corrected chi connectivity index (χ4v) is 1.81. The molecule has 0 unspecified atom stereocenters. The van der Waals surface area contributed by atoms with Crippen molar-refractivity contribution in [1.82, 2.24) is 0 Å². The maximum Gasteiger partial charge on any atom is 0.346 e. The van der Waals surface area contributed by atoms with E-state index in [2.05, 4.69) is 0 Å². The summed E-state index contributed by atoms with van der Waals surface area (Å²) in [7, 11) is 14.8. The molecule has 3 amide bonds. The molecule has 0 aliphatic rings. The Morgan fingerprint density at radius 2 is 0.880 bits per heavy atom. The Hall–Kier alpha value is 0.290. The molecule has 152 valence electrons. The van der Waals surface area contributed by atoms with Crippen molar-refractivity contribution in [1.29, 1.82) is 0 Å². The van der Waals surface area contributed by atoms with Crippen molar-refractivity contribution < 1.29 is 83.9 Å². The summed E-state index contributed by atoms with van der Waals surface area (Å²) in [5.74, 6) is -1.16. The first-order valence-corrected chi connectivity index (χ1v) is 7.20. The van der Waals surface area contributed by atoms with Crippen molar-refractivity contribution in [3.05, 3.63) is 0 Å². The molecule has 0 rings (SSSR count). The summed E-state index contributed by atoms with van der Waals surface area (Å²) in [6.45, 7) is 0. The molecule has 0 fully saturated rings. The third-order valence-electron chi connectivity index (χ3n) is 3.39. The lowest BCUT2D eigenvalue weighted by atomic mass is 9.91. The van der Waals surface area contributed by atoms with Crippen LogP contribution in [0.25, 0.3) is 0 Å². The Labute approximate surface area is 183 Å². The predicted octanol–water partition coefficient (Wildman–Crippen LogP) is -9.79. The summed E-state index contributed by atoms with van der Waals surface area (Å²) in [5.41, 5.74) is -2.00. The quantitative estimate of drug-likeness (QED) is 0.341. The van der Waals surface area contributed by atoms with E-state index in [1.807, 2.05) is 0 Å². The van der Waals surface area contributed by atoms with E-state index in [0.29, 0.717) is 0 Å². The molecule has 0 aromatic carbocycles. The molecule has 1 N–H and O–H groups in total. The van der Waals surface area contributed by atoms with Crippen LogP contribution in [0, 0.1) is 0 Å². The van der Waals surface area contributed by atoms with Gasteiger partial charge in [-0.05, 0) is 0 Å². The van der Waals surface area contributed by atoms with Gasteiger partial charge in [0.2, 0.25) is 5.60 Å². The number of aliphatic hydroxyl groups is 1. The smallest absolute Gasteiger partial charge is 0.346 e. The van der Waals surface area contributed by atoms with Gasteiger partial charge in [0.1, 0.15) is 12.8 Å². The lowest BCUT2D eigenvalue weighted by molar-refractivity contribution is -0.801. The Kier molecular flexibility index (Phi) is 13.9. The van der Waals surface area contributed by atoms with Crippen LogP contribution in [0.1, 0.15) is 12.8 Å². The first-order valence-electron chi connectivity index (χ1n) is 7.20. The highest BCUT2D eigenvalue weighted by atomic mass is 79.9. The summed E-state index contributed by atoms with van der Waals surface area (Å²) >= 11 is 0. The topological polar surface area (TPSA) is 71.4 Å². The van der Waals surface area contributed by atoms with Crippen LogP contribution in [0.15, 0.2) is 0 Å². The first kappa shape index (κ1) is 32.9. The van der Waals surface area contributed by atoms with E-state index in [1.54, 1.807) is 63.4 Å². The number of hydrogen-bond acceptors (Lipinski definition) is 4. The molecule has 0 bridgehead atoms. The van der Waals surface area contributed by atoms with Crippen LogP contribution in [0.4, 0.5) is 0 Å². The van der Waals surface area contributed by atoms with E-state index in [1.165, 1.54) is 0 Å². The second kappa shape index (κ2) is 10.6. The number of nitrogens with zero attached hydrogens (tertiary/aromatic N) is 3. The van der Waals surface area contributed by atoms with Crippen LogP contribution in [-0.4, -0.2) is 105 Å². The maximum atomic E-state index is 12.6. The highest BCUT2D eigenvalue weighted by Gasteiger charge is 2.52. The molecule has 0 aliphatic heterocycles. The number of halogens is 3. The molecule has 0 spiro atoms. The van der Waals surface area contributed by atoms with Gasteiger partial charge in [0.25, 0.3) is 0 Å². The van der Waals surface area contributed by atoms with Gasteiger partial charge in [0.05, 0.1) is 63.4 Å². The molecule has 0 aromatic rings. The van der Waals surface area contributed by atoms with Gasteiger partial charge in [-0.1, -0.05) is 0 Å². The lowest BCUT2D eigenvalue weighted by Crippen LogP contribution is -3.00. The average molecular weight is 558 g/mol. The summed E-state index contributed by atoms with van der Waals surface area (Å²) in [6.07, 6.45) is -0.757. The van der Waals surface area contributed by atoms with E-state index in [-0.39, 0.29) is 89.0 Å². The summed E-state index contributed by atoms with van der Waals surface area (Å²) in [4.78, 5) is 37.2. The van der Waals surface area contributed by atoms with E-state index >= 15 is 0 Å². The summed E-state index contributed by atoms with van der Waals surface area (Å²) in [5, 5.41) is 10.9. The van der Waals surface area contributed by atoms with Gasteiger partial charge in [-0.25, -0.2) is 14.4 Å². The van der Waals surface area contributed by atoms with Crippen LogP contribution in [0.5, 0.6) is 0 Å². The van der Waals surface area contributed by atoms with Crippen LogP contribution >= 0.6 is 0 Å². The highest BCUT2D eigenvalue weighted by Crippen LogP contribution is 2.24. The summed E-state index contributed by atoms with van der Waals surface area (Å²) < 4.78 is -0.206. The third kappa shape index (κ3) is 10.3. The van der Waals surface area contributed by atoms with Crippen molar-refractivity contribution >= 4 is 17.7 Å². The van der Waals surface area contributed by atoms with E-state index in [4.69, 9.17) is 0 Å². The van der Waals surface area contributed by atoms with Gasteiger partial charge in [0.15, 0.2) is 0 Å². The fraction of sp³-hybridized carbons (Fsp3) is 0.800. The Morgan fingerprint density at radius 1 is 0.640 bits per heavy atom. The number of likely N-dealkylation sites (N-methyl/N-ethyl adjacent to an activating group) is 1. The Morgan fingerprint density at radius 3 is 1.04 bits per heavy atom. The Bertz CT molecular complexity index is 450. The highest BCUT2D eigenvalue weighted by molar-refractivity contribution is 5.89. The SMILES string of the molecule is C[N+](C)(C)C(=O)CC(O)(CC(=O)[N+](C)(C)C)C(=O)[N+](C)(C)C.[Br-].[Br-].[Br-]. The van der Waals surface area contributed by atoms with Crippen LogP contribution in [-0.2, 0) is 14.4 Å². The minimum Gasteiger partial charge on any atom is -1.00 e. The lowest BCUT2D eigenvalue weighted by Gasteiger charge is -2.34. The van der Waals surface area contributed by atoms with Gasteiger partial charge < -0.3 is 56.1 Å². The monoisotopic (exact) mass is 555 g/mol. The molecule has 0 aliphatic carbocycles. The van der Waals surface area contributed by atoms with Crippen molar-refractivity contribution in [2.45, 2.75) is 18.4 Å². The molecule has 7 nitrogen and oxygen atoms in total. The van der Waals surface area contributed by atoms with E-state index in [9.17, 15) is 19.5 Å². The molecule has 25 heavy (non-hydrogen) atoms. The van der Waals surface area contributed by atoms with E-state index in [0.717, 1.165) is 0 Å². The van der Waals surface area contributed by atoms with Crippen LogP contribution in [0.2, 0.25) is 0 Å². The normalized spacial score (nSPS) is 12.2. The van der Waals surface area contributed by atoms with Gasteiger partial charge in [-0.3, -0.25) is 13.4 Å². The van der Waals surface area contributed by atoms with Crippen LogP contribution in [0.3, 0.4) is 0 Å². The minimum atomic E-state index is -2.00. The van der Waals surface area contributed by atoms with Crippen LogP contribution < -0.4 is 50.9 Å². The molecule has 0 radical (unpaired) electrons. The van der Waals surface area contributed by atoms with Gasteiger partial charge in [-0.2, -0.15) is 0 Å². The second-order valence-corrected chi connectivity index (χ2v) is 8.52. The first-order chi connectivity index (χ1) is 9.41. The van der Waals surface area contributed by atoms with Gasteiger partial charge in [0, 0.05) is 0 Å². The minimum absolute atomic E-state index is 0. The second-order valence-electron chi connectivity index (χ2n) is 8.52. The van der Waals surface area contributed by atoms with Gasteiger partial charge >= 0.3 is 17.7 Å². The average Bonchev–Trinajstić information content (AvgIpc) is 2.23. The third-order valence-corrected chi connectivity index (χ3v) is 3.39. The van der Waals surface area contributed by atoms with Gasteiger partial charge in [-0.15, -0.1) is 0 Å². The molecule has 10 heteroatoms. The fourth-order valence-electron chi connectivity index (χ4n) is 1.81. The molecule has 0 aromatic heterocycles. The molecule has 0 saturated heterocycles. The van der Waals surface area contributed by atoms with Crippen molar-refractivity contribution in [2.75, 3.05) is 63.4 Å². The zero-order chi connectivity index (χ0) is 18.1. The molecule has 0 atom stereocenters. The molecule has 0 saturated carbocycles.